The highest BCUT2D eigenvalue weighted by Gasteiger charge is 2.21. The van der Waals surface area contributed by atoms with Gasteiger partial charge in [-0.3, -0.25) is 9.59 Å². The van der Waals surface area contributed by atoms with Gasteiger partial charge in [-0.2, -0.15) is 0 Å². The van der Waals surface area contributed by atoms with Gasteiger partial charge in [0, 0.05) is 12.0 Å². The van der Waals surface area contributed by atoms with E-state index in [0.717, 1.165) is 28.5 Å². The number of fused-ring (bicyclic) bond motifs is 1. The average molecular weight is 368 g/mol. The van der Waals surface area contributed by atoms with Crippen molar-refractivity contribution in [2.45, 2.75) is 18.9 Å². The number of nitrogens with one attached hydrogen (secondary N) is 1. The maximum Gasteiger partial charge on any atom is 0.240 e. The van der Waals surface area contributed by atoms with Gasteiger partial charge >= 0.3 is 0 Å². The Hall–Kier alpha value is -3.28. The SMILES string of the molecule is NC(=O)[C@H](Cc1ccc2ccccc2c1)NC(=O)Cc1c(F)cccc1F. The van der Waals surface area contributed by atoms with E-state index in [4.69, 9.17) is 5.73 Å². The van der Waals surface area contributed by atoms with E-state index in [1.165, 1.54) is 6.07 Å². The highest BCUT2D eigenvalue weighted by molar-refractivity contribution is 5.88. The summed E-state index contributed by atoms with van der Waals surface area (Å²) in [5, 5.41) is 4.52. The highest BCUT2D eigenvalue weighted by Crippen LogP contribution is 2.17. The first-order chi connectivity index (χ1) is 12.9. The lowest BCUT2D eigenvalue weighted by Crippen LogP contribution is -2.46. The van der Waals surface area contributed by atoms with Gasteiger partial charge in [-0.1, -0.05) is 48.5 Å². The number of benzene rings is 3. The summed E-state index contributed by atoms with van der Waals surface area (Å²) in [6, 6.07) is 15.8. The fourth-order valence-electron chi connectivity index (χ4n) is 2.93. The van der Waals surface area contributed by atoms with Crippen molar-refractivity contribution < 1.29 is 18.4 Å². The van der Waals surface area contributed by atoms with Gasteiger partial charge < -0.3 is 11.1 Å². The average Bonchev–Trinajstić information content (AvgIpc) is 2.64. The Labute approximate surface area is 155 Å². The van der Waals surface area contributed by atoms with Crippen LogP contribution in [0.2, 0.25) is 0 Å². The van der Waals surface area contributed by atoms with Crippen LogP contribution in [0.15, 0.2) is 60.7 Å². The molecule has 0 aliphatic rings. The summed E-state index contributed by atoms with van der Waals surface area (Å²) in [6.45, 7) is 0. The Morgan fingerprint density at radius 3 is 2.26 bits per heavy atom. The smallest absolute Gasteiger partial charge is 0.240 e. The summed E-state index contributed by atoms with van der Waals surface area (Å²) in [5.74, 6) is -3.01. The molecule has 1 atom stereocenters. The molecule has 0 heterocycles. The predicted molar refractivity (Wildman–Crippen MR) is 98.8 cm³/mol. The Morgan fingerprint density at radius 1 is 0.926 bits per heavy atom. The molecule has 3 N–H and O–H groups in total. The third-order valence-electron chi connectivity index (χ3n) is 4.33. The van der Waals surface area contributed by atoms with Crippen molar-refractivity contribution in [1.82, 2.24) is 5.32 Å². The van der Waals surface area contributed by atoms with Crippen molar-refractivity contribution in [2.24, 2.45) is 5.73 Å². The number of carbonyl (C=O) groups is 2. The largest absolute Gasteiger partial charge is 0.368 e. The minimum atomic E-state index is -0.978. The van der Waals surface area contributed by atoms with Crippen molar-refractivity contribution in [3.05, 3.63) is 83.4 Å². The lowest BCUT2D eigenvalue weighted by molar-refractivity contribution is -0.127. The Bertz CT molecular complexity index is 984. The molecule has 3 rings (SSSR count). The second-order valence-corrected chi connectivity index (χ2v) is 6.29. The van der Waals surface area contributed by atoms with Crippen molar-refractivity contribution in [3.8, 4) is 0 Å². The first kappa shape index (κ1) is 18.5. The van der Waals surface area contributed by atoms with Gasteiger partial charge in [-0.25, -0.2) is 8.78 Å². The van der Waals surface area contributed by atoms with Gasteiger partial charge in [-0.15, -0.1) is 0 Å². The second kappa shape index (κ2) is 7.95. The number of hydrogen-bond acceptors (Lipinski definition) is 2. The molecule has 6 heteroatoms. The molecule has 0 unspecified atom stereocenters. The van der Waals surface area contributed by atoms with E-state index in [0.29, 0.717) is 0 Å². The van der Waals surface area contributed by atoms with Crippen LogP contribution in [0.25, 0.3) is 10.8 Å². The number of hydrogen-bond donors (Lipinski definition) is 2. The maximum atomic E-state index is 13.7. The van der Waals surface area contributed by atoms with E-state index in [1.54, 1.807) is 0 Å². The first-order valence-electron chi connectivity index (χ1n) is 8.43. The summed E-state index contributed by atoms with van der Waals surface area (Å²) in [7, 11) is 0. The lowest BCUT2D eigenvalue weighted by atomic mass is 10.0. The molecule has 0 aliphatic carbocycles. The molecule has 0 saturated carbocycles. The summed E-state index contributed by atoms with van der Waals surface area (Å²) >= 11 is 0. The summed E-state index contributed by atoms with van der Waals surface area (Å²) in [4.78, 5) is 23.9. The Balaban J connectivity index is 1.73. The zero-order chi connectivity index (χ0) is 19.4. The van der Waals surface area contributed by atoms with Crippen LogP contribution in [-0.4, -0.2) is 17.9 Å². The highest BCUT2D eigenvalue weighted by atomic mass is 19.1. The fraction of sp³-hybridized carbons (Fsp3) is 0.143. The van der Waals surface area contributed by atoms with Crippen LogP contribution < -0.4 is 11.1 Å². The third-order valence-corrected chi connectivity index (χ3v) is 4.33. The fourth-order valence-corrected chi connectivity index (χ4v) is 2.93. The molecule has 0 fully saturated rings. The third kappa shape index (κ3) is 4.47. The van der Waals surface area contributed by atoms with E-state index >= 15 is 0 Å². The number of nitrogens with two attached hydrogens (primary N) is 1. The number of rotatable bonds is 6. The van der Waals surface area contributed by atoms with Crippen LogP contribution >= 0.6 is 0 Å². The summed E-state index contributed by atoms with van der Waals surface area (Å²) in [6.07, 6.45) is -0.328. The van der Waals surface area contributed by atoms with E-state index in [-0.39, 0.29) is 12.0 Å². The molecule has 0 aliphatic heterocycles. The molecule has 2 amide bonds. The molecule has 4 nitrogen and oxygen atoms in total. The summed E-state index contributed by atoms with van der Waals surface area (Å²) in [5.41, 5.74) is 5.87. The predicted octanol–water partition coefficient (Wildman–Crippen LogP) is 2.87. The van der Waals surface area contributed by atoms with Crippen LogP contribution in [0.1, 0.15) is 11.1 Å². The van der Waals surface area contributed by atoms with Gasteiger partial charge in [-0.05, 0) is 28.5 Å². The first-order valence-corrected chi connectivity index (χ1v) is 8.43. The molecule has 3 aromatic carbocycles. The van der Waals surface area contributed by atoms with Crippen LogP contribution in [0.5, 0.6) is 0 Å². The molecule has 138 valence electrons. The van der Waals surface area contributed by atoms with Crippen LogP contribution in [-0.2, 0) is 22.4 Å². The van der Waals surface area contributed by atoms with E-state index in [9.17, 15) is 18.4 Å². The lowest BCUT2D eigenvalue weighted by Gasteiger charge is -2.16. The topological polar surface area (TPSA) is 72.2 Å². The minimum Gasteiger partial charge on any atom is -0.368 e. The van der Waals surface area contributed by atoms with Crippen molar-refractivity contribution >= 4 is 22.6 Å². The molecule has 27 heavy (non-hydrogen) atoms. The second-order valence-electron chi connectivity index (χ2n) is 6.29. The number of primary amides is 1. The number of amides is 2. The molecule has 3 aromatic rings. The van der Waals surface area contributed by atoms with Crippen molar-refractivity contribution in [2.75, 3.05) is 0 Å². The molecular formula is C21H18F2N2O2. The van der Waals surface area contributed by atoms with E-state index in [1.807, 2.05) is 42.5 Å². The monoisotopic (exact) mass is 368 g/mol. The molecule has 0 bridgehead atoms. The van der Waals surface area contributed by atoms with Crippen LogP contribution in [0.4, 0.5) is 8.78 Å². The molecule has 0 spiro atoms. The number of carbonyl (C=O) groups excluding carboxylic acids is 2. The maximum absolute atomic E-state index is 13.7. The Morgan fingerprint density at radius 2 is 1.59 bits per heavy atom. The normalized spacial score (nSPS) is 11.9. The zero-order valence-corrected chi connectivity index (χ0v) is 14.4. The molecule has 0 radical (unpaired) electrons. The minimum absolute atomic E-state index is 0.186. The molecule has 0 saturated heterocycles. The zero-order valence-electron chi connectivity index (χ0n) is 14.4. The molecular weight excluding hydrogens is 350 g/mol. The van der Waals surface area contributed by atoms with E-state index < -0.39 is 35.9 Å². The van der Waals surface area contributed by atoms with Crippen molar-refractivity contribution in [3.63, 3.8) is 0 Å². The van der Waals surface area contributed by atoms with E-state index in [2.05, 4.69) is 5.32 Å². The molecule has 0 aromatic heterocycles. The van der Waals surface area contributed by atoms with Gasteiger partial charge in [0.05, 0.1) is 6.42 Å². The van der Waals surface area contributed by atoms with Gasteiger partial charge in [0.2, 0.25) is 11.8 Å². The number of halogens is 2. The van der Waals surface area contributed by atoms with Crippen LogP contribution in [0.3, 0.4) is 0 Å². The standard InChI is InChI=1S/C21H18F2N2O2/c22-17-6-3-7-18(23)16(17)12-20(26)25-19(21(24)27)11-13-8-9-14-4-1-2-5-15(14)10-13/h1-10,19H,11-12H2,(H2,24,27)(H,25,26)/t19-/m0/s1. The Kier molecular flexibility index (Phi) is 5.45. The van der Waals surface area contributed by atoms with Crippen molar-refractivity contribution in [1.29, 1.82) is 0 Å². The van der Waals surface area contributed by atoms with Gasteiger partial charge in [0.15, 0.2) is 0 Å². The summed E-state index contributed by atoms with van der Waals surface area (Å²) < 4.78 is 27.4. The quantitative estimate of drug-likeness (QED) is 0.702. The van der Waals surface area contributed by atoms with Crippen LogP contribution in [0, 0.1) is 11.6 Å². The van der Waals surface area contributed by atoms with Gasteiger partial charge in [0.1, 0.15) is 17.7 Å². The van der Waals surface area contributed by atoms with Gasteiger partial charge in [0.25, 0.3) is 0 Å².